The number of esters is 6. The van der Waals surface area contributed by atoms with Crippen LogP contribution in [-0.2, 0) is 66.9 Å². The van der Waals surface area contributed by atoms with Crippen LogP contribution in [-0.4, -0.2) is 230 Å². The molecule has 7 aromatic carbocycles. The zero-order valence-corrected chi connectivity index (χ0v) is 81.7. The van der Waals surface area contributed by atoms with Crippen LogP contribution in [0.3, 0.4) is 0 Å². The molecule has 786 valence electrons. The van der Waals surface area contributed by atoms with E-state index in [1.807, 2.05) is 12.1 Å². The number of ether oxygens (including phenoxy) is 18. The first kappa shape index (κ1) is 109. The van der Waals surface area contributed by atoms with Gasteiger partial charge in [0.25, 0.3) is 0 Å². The fourth-order valence-corrected chi connectivity index (χ4v) is 20.4. The van der Waals surface area contributed by atoms with E-state index in [1.165, 1.54) is 132 Å². The Bertz CT molecular complexity index is 6060. The van der Waals surface area contributed by atoms with Crippen molar-refractivity contribution in [2.45, 2.75) is 212 Å². The lowest BCUT2D eigenvalue weighted by atomic mass is 9.48. The smallest absolute Gasteiger partial charge is 0.340 e. The van der Waals surface area contributed by atoms with Gasteiger partial charge in [-0.05, 0) is 188 Å². The molecule has 0 radical (unpaired) electrons. The molecule has 38 nitrogen and oxygen atoms in total. The summed E-state index contributed by atoms with van der Waals surface area (Å²) >= 11 is 0. The van der Waals surface area contributed by atoms with Gasteiger partial charge in [-0.1, -0.05) is 89.8 Å². The van der Waals surface area contributed by atoms with E-state index in [2.05, 4.69) is 0 Å². The summed E-state index contributed by atoms with van der Waals surface area (Å²) in [7, 11) is 8.61. The van der Waals surface area contributed by atoms with Crippen LogP contribution >= 0.6 is 0 Å². The third-order valence-electron chi connectivity index (χ3n) is 28.6. The predicted octanol–water partition coefficient (Wildman–Crippen LogP) is 14.0. The SMILES string of the molecule is C.COc1c(OCC(=O)c2cc3ccccc3o2)cc2c(c1C=O)CC(O)OC2=O.COc1c(OCC2C3CC2C3)cc2c(c1C=O)CC(O)OC2=O.COc1c(OCC2CCC2)cc2c(c1C=O)CC(O)OC2=O.COc1c(OCC2CCCC2)cc2c(c1C=O)CC(O)OC2=O.COc1c(OCC2CCCCC2)cc2c(c1C=O)CC(O)OC2=O.COc1c(OCC2CCCCCC2)cc2c(c1C=O)CC(O)OC2=O. The van der Waals surface area contributed by atoms with Crippen molar-refractivity contribution in [3.05, 3.63) is 173 Å². The molecule has 147 heavy (non-hydrogen) atoms. The molecule has 2 bridgehead atoms. The summed E-state index contributed by atoms with van der Waals surface area (Å²) in [4.78, 5) is 154. The molecular weight excluding hydrogens is 1920 g/mol. The molecule has 6 unspecified atom stereocenters. The van der Waals surface area contributed by atoms with Crippen molar-refractivity contribution in [1.29, 1.82) is 0 Å². The summed E-state index contributed by atoms with van der Waals surface area (Å²) in [6, 6.07) is 17.9. The second-order valence-electron chi connectivity index (χ2n) is 37.6. The van der Waals surface area contributed by atoms with E-state index in [0.717, 1.165) is 68.6 Å². The maximum Gasteiger partial charge on any atom is 0.340 e. The van der Waals surface area contributed by atoms with E-state index in [1.54, 1.807) is 42.5 Å². The second kappa shape index (κ2) is 49.9. The molecule has 7 fully saturated rings. The molecule has 0 spiro atoms. The average molecular weight is 2040 g/mol. The minimum atomic E-state index is -1.35. The number of methoxy groups -OCH3 is 6. The fourth-order valence-electron chi connectivity index (χ4n) is 20.4. The van der Waals surface area contributed by atoms with Crippen LogP contribution in [0.25, 0.3) is 11.0 Å². The van der Waals surface area contributed by atoms with Crippen molar-refractivity contribution in [3.63, 3.8) is 0 Å². The number of ketones is 1. The van der Waals surface area contributed by atoms with Gasteiger partial charge in [-0.25, -0.2) is 28.8 Å². The number of carbonyl (C=O) groups excluding carboxylic acids is 13. The van der Waals surface area contributed by atoms with E-state index in [4.69, 9.17) is 89.7 Å². The van der Waals surface area contributed by atoms with Gasteiger partial charge in [-0.2, -0.15) is 0 Å². The Morgan fingerprint density at radius 1 is 0.313 bits per heavy atom. The lowest BCUT2D eigenvalue weighted by Gasteiger charge is -2.57. The number of furan rings is 1. The van der Waals surface area contributed by atoms with Crippen molar-refractivity contribution in [3.8, 4) is 69.0 Å². The number of benzene rings is 7. The Labute approximate surface area is 846 Å². The first-order chi connectivity index (χ1) is 70.7. The summed E-state index contributed by atoms with van der Waals surface area (Å²) in [5, 5.41) is 58.5. The number of aldehydes is 6. The minimum Gasteiger partial charge on any atom is -0.492 e. The summed E-state index contributed by atoms with van der Waals surface area (Å²) in [5.74, 6) is 3.17. The summed E-state index contributed by atoms with van der Waals surface area (Å²) in [6.45, 7) is 2.30. The molecule has 6 N–H and O–H groups in total. The van der Waals surface area contributed by atoms with Crippen molar-refractivity contribution < 1.29 is 183 Å². The molecule has 0 amide bonds. The van der Waals surface area contributed by atoms with Crippen LogP contribution in [0.15, 0.2) is 71.1 Å². The predicted molar refractivity (Wildman–Crippen MR) is 518 cm³/mol. The first-order valence-corrected chi connectivity index (χ1v) is 49.0. The topological polar surface area (TPSA) is 523 Å². The number of cyclic esters (lactones) is 6. The highest BCUT2D eigenvalue weighted by Gasteiger charge is 2.53. The Hall–Kier alpha value is -14.1. The van der Waals surface area contributed by atoms with Gasteiger partial charge in [0.15, 0.2) is 119 Å². The third-order valence-corrected chi connectivity index (χ3v) is 28.6. The van der Waals surface area contributed by atoms with Crippen LogP contribution in [0.4, 0.5) is 0 Å². The van der Waals surface area contributed by atoms with Gasteiger partial charge in [0.2, 0.25) is 43.5 Å². The second-order valence-corrected chi connectivity index (χ2v) is 37.6. The maximum atomic E-state index is 12.5. The van der Waals surface area contributed by atoms with Crippen LogP contribution in [0.1, 0.15) is 304 Å². The van der Waals surface area contributed by atoms with Crippen LogP contribution < -0.4 is 56.8 Å². The molecule has 7 aliphatic carbocycles. The largest absolute Gasteiger partial charge is 0.492 e. The molecular formula is C109H122O38. The number of carbonyl (C=O) groups is 13. The number of Topliss-reactive ketones (excluding diaryl/α,β-unsaturated/α-hetero) is 1. The highest BCUT2D eigenvalue weighted by Crippen LogP contribution is 2.59. The van der Waals surface area contributed by atoms with Gasteiger partial charge < -0.3 is 120 Å². The van der Waals surface area contributed by atoms with Gasteiger partial charge in [0.05, 0.1) is 142 Å². The number of rotatable bonds is 31. The van der Waals surface area contributed by atoms with Gasteiger partial charge in [0, 0.05) is 43.9 Å². The van der Waals surface area contributed by atoms with Crippen LogP contribution in [0.2, 0.25) is 0 Å². The summed E-state index contributed by atoms with van der Waals surface area (Å²) in [6.07, 6.45) is 20.2. The normalized spacial score (nSPS) is 21.2. The molecule has 6 aliphatic heterocycles. The maximum absolute atomic E-state index is 12.5. The molecule has 21 rings (SSSR count). The molecule has 7 heterocycles. The zero-order valence-electron chi connectivity index (χ0n) is 81.7. The van der Waals surface area contributed by atoms with E-state index in [9.17, 15) is 93.0 Å². The van der Waals surface area contributed by atoms with Crippen molar-refractivity contribution >= 4 is 90.3 Å². The van der Waals surface area contributed by atoms with Gasteiger partial charge in [-0.3, -0.25) is 33.6 Å². The van der Waals surface area contributed by atoms with Crippen molar-refractivity contribution in [2.75, 3.05) is 82.3 Å². The number of hydrogen-bond acceptors (Lipinski definition) is 38. The highest BCUT2D eigenvalue weighted by molar-refractivity contribution is 6.04. The molecule has 1 aromatic heterocycles. The Kier molecular flexibility index (Phi) is 36.9. The zero-order chi connectivity index (χ0) is 104. The third kappa shape index (κ3) is 24.6. The number of aliphatic hydroxyl groups is 6. The number of hydrogen-bond donors (Lipinski definition) is 6. The lowest BCUT2D eigenvalue weighted by Crippen LogP contribution is -2.52. The number of aliphatic hydroxyl groups excluding tert-OH is 6. The monoisotopic (exact) mass is 2040 g/mol. The Morgan fingerprint density at radius 3 is 0.769 bits per heavy atom. The molecule has 7 saturated carbocycles. The van der Waals surface area contributed by atoms with E-state index >= 15 is 0 Å². The van der Waals surface area contributed by atoms with Crippen molar-refractivity contribution in [1.82, 2.24) is 0 Å². The fraction of sp³-hybridized carbons (Fsp3) is 0.477. The molecule has 6 atom stereocenters. The molecule has 0 saturated heterocycles. The molecule has 13 aliphatic rings. The van der Waals surface area contributed by atoms with E-state index in [0.29, 0.717) is 197 Å². The van der Waals surface area contributed by atoms with Gasteiger partial charge in [0.1, 0.15) is 5.58 Å². The highest BCUT2D eigenvalue weighted by atomic mass is 16.7. The Morgan fingerprint density at radius 2 is 0.544 bits per heavy atom. The first-order valence-electron chi connectivity index (χ1n) is 49.0. The number of para-hydroxylation sites is 1. The minimum absolute atomic E-state index is 0. The lowest BCUT2D eigenvalue weighted by molar-refractivity contribution is -0.102. The van der Waals surface area contributed by atoms with E-state index in [-0.39, 0.29) is 130 Å². The van der Waals surface area contributed by atoms with Gasteiger partial charge in [-0.15, -0.1) is 0 Å². The average Bonchev–Trinajstić information content (AvgIpc) is 0.919. The summed E-state index contributed by atoms with van der Waals surface area (Å²) in [5.41, 5.74) is 5.67. The van der Waals surface area contributed by atoms with E-state index < -0.39 is 85.9 Å². The Balaban J connectivity index is 0.000000139. The van der Waals surface area contributed by atoms with Crippen LogP contribution in [0, 0.1) is 41.4 Å². The molecule has 8 aromatic rings. The molecule has 38 heteroatoms. The number of fused-ring (bicyclic) bond motifs is 7. The standard InChI is InChI=1S/C21H16O8.C19H24O6.C18H22O6.C17H18O6.C17H20O6.C16H18O6.CH4/c1-26-20-14(9-22)12-8-19(24)29-21(25)13(12)7-18(20)27-10-15(23)17-6-11-4-2-3-5-16(11)28-17;1-23-18-15(10-20)13-9-17(21)25-19(22)14(13)8-16(18)24-11-12-6-4-2-3-5-7-12;1-22-17-14(9-19)12-8-16(20)24-18(21)13(12)7-15(17)23-10-11-5-3-2-4-6-11;1-21-16-12(6-18)10-5-15(19)23-17(20)11(10)4-14(16)22-7-13-8-2-9(13)3-8;1-21-16-13(8-18)11-7-15(19)23-17(20)12(11)6-14(16)22-9-10-4-2-3-5-10;1-20-15-12(7-17)10-6-14(18)22-16(19)11(10)5-13(15)21-8-9-3-2-4-9;/h2-7,9,19,24H,8,10H2,1H3;8,10,12,17,21H,2-7,9,11H2,1H3;7,9,11,16,20H,2-6,8,10H2,1H3;4,6,8-9,13,15,19H,2-3,5,7H2,1H3;6,8,10,15,19H,2-5,7,9H2,1H3;5,7,9,14,18H,2-4,6,8H2,1H3;1H4. The summed E-state index contributed by atoms with van der Waals surface area (Å²) < 4.78 is 101. The van der Waals surface area contributed by atoms with Crippen LogP contribution in [0.5, 0.6) is 69.0 Å². The van der Waals surface area contributed by atoms with Gasteiger partial charge >= 0.3 is 35.8 Å². The quantitative estimate of drug-likeness (QED) is 0.00772. The van der Waals surface area contributed by atoms with Crippen molar-refractivity contribution in [2.24, 2.45) is 41.4 Å².